The maximum Gasteiger partial charge on any atom is 0.248 e. The molecule has 4 rings (SSSR count). The van der Waals surface area contributed by atoms with Crippen molar-refractivity contribution in [2.45, 2.75) is 49.1 Å². The van der Waals surface area contributed by atoms with Gasteiger partial charge in [-0.2, -0.15) is 0 Å². The normalized spacial score (nSPS) is 17.5. The zero-order chi connectivity index (χ0) is 24.1. The summed E-state index contributed by atoms with van der Waals surface area (Å²) in [6.07, 6.45) is 7.11. The van der Waals surface area contributed by atoms with Crippen molar-refractivity contribution in [2.24, 2.45) is 0 Å². The summed E-state index contributed by atoms with van der Waals surface area (Å²) < 4.78 is 26.9. The number of halogens is 3. The van der Waals surface area contributed by atoms with Crippen LogP contribution in [0.2, 0.25) is 0 Å². The molecular weight excluding hydrogens is 466 g/mol. The SMILES string of the molecule is O=C(NC(C(=O)NC1CCC(F)(F)CC1)c1cncnc1)C(Cl)c1ccc(-c2cnc[nH]2)cc1. The number of nitrogens with zero attached hydrogens (tertiary/aromatic N) is 3. The van der Waals surface area contributed by atoms with Gasteiger partial charge in [-0.3, -0.25) is 9.59 Å². The van der Waals surface area contributed by atoms with Crippen molar-refractivity contribution in [1.29, 1.82) is 0 Å². The van der Waals surface area contributed by atoms with Crippen molar-refractivity contribution in [3.05, 3.63) is 66.6 Å². The average Bonchev–Trinajstić information content (AvgIpc) is 3.39. The second kappa shape index (κ2) is 10.3. The number of amides is 2. The van der Waals surface area contributed by atoms with Crippen LogP contribution in [0.25, 0.3) is 11.3 Å². The molecule has 1 fully saturated rings. The van der Waals surface area contributed by atoms with Gasteiger partial charge < -0.3 is 15.6 Å². The number of rotatable bonds is 7. The highest BCUT2D eigenvalue weighted by atomic mass is 35.5. The summed E-state index contributed by atoms with van der Waals surface area (Å²) in [6, 6.07) is 5.52. The van der Waals surface area contributed by atoms with E-state index < -0.39 is 35.2 Å². The molecular formula is C23H23ClF2N6O2. The first kappa shape index (κ1) is 23.7. The number of nitrogens with one attached hydrogen (secondary N) is 3. The van der Waals surface area contributed by atoms with E-state index >= 15 is 0 Å². The summed E-state index contributed by atoms with van der Waals surface area (Å²) in [6.45, 7) is 0. The monoisotopic (exact) mass is 488 g/mol. The summed E-state index contributed by atoms with van der Waals surface area (Å²) in [5, 5.41) is 4.35. The Labute approximate surface area is 199 Å². The van der Waals surface area contributed by atoms with Gasteiger partial charge in [-0.25, -0.2) is 23.7 Å². The molecule has 11 heteroatoms. The second-order valence-electron chi connectivity index (χ2n) is 8.20. The maximum absolute atomic E-state index is 13.5. The summed E-state index contributed by atoms with van der Waals surface area (Å²) in [5.41, 5.74) is 2.60. The van der Waals surface area contributed by atoms with E-state index in [0.29, 0.717) is 11.1 Å². The lowest BCUT2D eigenvalue weighted by atomic mass is 9.92. The standard InChI is InChI=1S/C23H23ClF2N6O2/c24-19(15-3-1-14(2-4-15)18-11-29-13-30-18)21(33)32-20(16-9-27-12-28-10-16)22(34)31-17-5-7-23(25,26)8-6-17/h1-4,9-13,17,19-20H,5-8H2,(H,29,30)(H,31,34)(H,32,33). The molecule has 1 saturated carbocycles. The smallest absolute Gasteiger partial charge is 0.248 e. The molecule has 1 aromatic carbocycles. The van der Waals surface area contributed by atoms with E-state index in [1.165, 1.54) is 18.7 Å². The number of hydrogen-bond acceptors (Lipinski definition) is 5. The maximum atomic E-state index is 13.5. The second-order valence-corrected chi connectivity index (χ2v) is 8.64. The van der Waals surface area contributed by atoms with E-state index in [0.717, 1.165) is 11.3 Å². The van der Waals surface area contributed by atoms with Gasteiger partial charge in [0.05, 0.1) is 18.2 Å². The van der Waals surface area contributed by atoms with Gasteiger partial charge in [0.1, 0.15) is 17.7 Å². The minimum atomic E-state index is -2.71. The molecule has 2 aromatic heterocycles. The Bertz CT molecular complexity index is 1100. The fraction of sp³-hybridized carbons (Fsp3) is 0.348. The Hall–Kier alpha value is -3.40. The molecule has 0 spiro atoms. The molecule has 2 heterocycles. The van der Waals surface area contributed by atoms with E-state index in [2.05, 4.69) is 30.6 Å². The van der Waals surface area contributed by atoms with Gasteiger partial charge in [0.15, 0.2) is 0 Å². The zero-order valence-corrected chi connectivity index (χ0v) is 18.8. The molecule has 178 valence electrons. The predicted molar refractivity (Wildman–Crippen MR) is 121 cm³/mol. The molecule has 0 aliphatic heterocycles. The molecule has 2 atom stereocenters. The number of carbonyl (C=O) groups is 2. The first-order valence-electron chi connectivity index (χ1n) is 10.8. The Morgan fingerprint density at radius 2 is 1.68 bits per heavy atom. The molecule has 3 N–H and O–H groups in total. The number of carbonyl (C=O) groups excluding carboxylic acids is 2. The van der Waals surface area contributed by atoms with E-state index in [9.17, 15) is 18.4 Å². The number of alkyl halides is 3. The highest BCUT2D eigenvalue weighted by Crippen LogP contribution is 2.33. The third-order valence-electron chi connectivity index (χ3n) is 5.77. The van der Waals surface area contributed by atoms with Gasteiger partial charge in [-0.15, -0.1) is 11.6 Å². The van der Waals surface area contributed by atoms with Gasteiger partial charge in [0.2, 0.25) is 17.7 Å². The highest BCUT2D eigenvalue weighted by molar-refractivity contribution is 6.31. The van der Waals surface area contributed by atoms with Crippen LogP contribution in [-0.2, 0) is 9.59 Å². The fourth-order valence-corrected chi connectivity index (χ4v) is 4.05. The summed E-state index contributed by atoms with van der Waals surface area (Å²) >= 11 is 6.41. The van der Waals surface area contributed by atoms with Crippen molar-refractivity contribution in [2.75, 3.05) is 0 Å². The minimum Gasteiger partial charge on any atom is -0.351 e. The largest absolute Gasteiger partial charge is 0.351 e. The molecule has 0 radical (unpaired) electrons. The third kappa shape index (κ3) is 5.74. The van der Waals surface area contributed by atoms with Crippen molar-refractivity contribution in [1.82, 2.24) is 30.6 Å². The Kier molecular flexibility index (Phi) is 7.16. The van der Waals surface area contributed by atoms with Crippen LogP contribution in [0.5, 0.6) is 0 Å². The molecule has 2 amide bonds. The van der Waals surface area contributed by atoms with Gasteiger partial charge in [0.25, 0.3) is 0 Å². The summed E-state index contributed by atoms with van der Waals surface area (Å²) in [7, 11) is 0. The lowest BCUT2D eigenvalue weighted by Crippen LogP contribution is -2.47. The van der Waals surface area contributed by atoms with Crippen LogP contribution in [0.1, 0.15) is 48.2 Å². The van der Waals surface area contributed by atoms with Gasteiger partial charge in [-0.05, 0) is 24.0 Å². The third-order valence-corrected chi connectivity index (χ3v) is 6.22. The number of benzene rings is 1. The average molecular weight is 489 g/mol. The Balaban J connectivity index is 1.45. The quantitative estimate of drug-likeness (QED) is 0.439. The summed E-state index contributed by atoms with van der Waals surface area (Å²) in [5.74, 6) is -3.83. The van der Waals surface area contributed by atoms with Crippen molar-refractivity contribution in [3.8, 4) is 11.3 Å². The van der Waals surface area contributed by atoms with E-state index in [1.807, 2.05) is 0 Å². The van der Waals surface area contributed by atoms with Crippen molar-refractivity contribution >= 4 is 23.4 Å². The van der Waals surface area contributed by atoms with E-state index in [-0.39, 0.29) is 25.7 Å². The fourth-order valence-electron chi connectivity index (χ4n) is 3.84. The number of H-pyrrole nitrogens is 1. The lowest BCUT2D eigenvalue weighted by Gasteiger charge is -2.30. The van der Waals surface area contributed by atoms with E-state index in [1.54, 1.807) is 36.8 Å². The number of hydrogen-bond donors (Lipinski definition) is 3. The van der Waals surface area contributed by atoms with E-state index in [4.69, 9.17) is 11.6 Å². The van der Waals surface area contributed by atoms with Crippen LogP contribution in [0.15, 0.2) is 55.5 Å². The molecule has 2 unspecified atom stereocenters. The van der Waals surface area contributed by atoms with Gasteiger partial charge in [-0.1, -0.05) is 24.3 Å². The highest BCUT2D eigenvalue weighted by Gasteiger charge is 2.36. The number of imidazole rings is 1. The molecule has 3 aromatic rings. The summed E-state index contributed by atoms with van der Waals surface area (Å²) in [4.78, 5) is 40.8. The predicted octanol–water partition coefficient (Wildman–Crippen LogP) is 3.70. The van der Waals surface area contributed by atoms with Crippen LogP contribution in [0.4, 0.5) is 8.78 Å². The molecule has 8 nitrogen and oxygen atoms in total. The van der Waals surface area contributed by atoms with Crippen LogP contribution in [-0.4, -0.2) is 43.7 Å². The van der Waals surface area contributed by atoms with Crippen LogP contribution in [0, 0.1) is 0 Å². The molecule has 34 heavy (non-hydrogen) atoms. The molecule has 1 aliphatic rings. The Morgan fingerprint density at radius 1 is 1.00 bits per heavy atom. The van der Waals surface area contributed by atoms with Gasteiger partial charge >= 0.3 is 0 Å². The first-order valence-corrected chi connectivity index (χ1v) is 11.2. The van der Waals surface area contributed by atoms with Crippen molar-refractivity contribution < 1.29 is 18.4 Å². The van der Waals surface area contributed by atoms with Crippen LogP contribution in [0.3, 0.4) is 0 Å². The first-order chi connectivity index (χ1) is 16.3. The number of aromatic amines is 1. The molecule has 0 bridgehead atoms. The van der Waals surface area contributed by atoms with Gasteiger partial charge in [0, 0.05) is 36.8 Å². The van der Waals surface area contributed by atoms with Crippen molar-refractivity contribution in [3.63, 3.8) is 0 Å². The number of aromatic nitrogens is 4. The minimum absolute atomic E-state index is 0.158. The topological polar surface area (TPSA) is 113 Å². The van der Waals surface area contributed by atoms with Crippen LogP contribution >= 0.6 is 11.6 Å². The molecule has 0 saturated heterocycles. The molecule has 1 aliphatic carbocycles. The zero-order valence-electron chi connectivity index (χ0n) is 18.0. The van der Waals surface area contributed by atoms with Crippen LogP contribution < -0.4 is 10.6 Å². The lowest BCUT2D eigenvalue weighted by molar-refractivity contribution is -0.130. The Morgan fingerprint density at radius 3 is 2.29 bits per heavy atom.